The molecule has 1 aromatic carbocycles. The largest absolute Gasteiger partial charge is 0.418 e. The number of pyridine rings is 2. The van der Waals surface area contributed by atoms with E-state index in [1.54, 1.807) is 19.2 Å². The van der Waals surface area contributed by atoms with E-state index in [4.69, 9.17) is 0 Å². The summed E-state index contributed by atoms with van der Waals surface area (Å²) in [6, 6.07) is 8.63. The number of nitrogens with zero attached hydrogens (tertiary/aromatic N) is 2. The van der Waals surface area contributed by atoms with Gasteiger partial charge in [0.2, 0.25) is 5.91 Å². The van der Waals surface area contributed by atoms with Crippen LogP contribution in [0.2, 0.25) is 0 Å². The highest BCUT2D eigenvalue weighted by Gasteiger charge is 2.51. The van der Waals surface area contributed by atoms with Gasteiger partial charge in [0.15, 0.2) is 0 Å². The highest BCUT2D eigenvalue weighted by molar-refractivity contribution is 6.00. The lowest BCUT2D eigenvalue weighted by Gasteiger charge is -2.17. The van der Waals surface area contributed by atoms with Gasteiger partial charge in [0, 0.05) is 13.2 Å². The maximum atomic E-state index is 13.3. The van der Waals surface area contributed by atoms with Crippen molar-refractivity contribution in [3.05, 3.63) is 77.5 Å². The number of alkyl halides is 3. The molecule has 0 bridgehead atoms. The van der Waals surface area contributed by atoms with E-state index >= 15 is 0 Å². The Balaban J connectivity index is 1.34. The summed E-state index contributed by atoms with van der Waals surface area (Å²) in [5, 5.41) is 10.9. The molecule has 1 aliphatic carbocycles. The molecule has 0 aliphatic heterocycles. The summed E-state index contributed by atoms with van der Waals surface area (Å²) in [6.07, 6.45) is -1.03. The Morgan fingerprint density at radius 1 is 1.03 bits per heavy atom. The molecule has 0 saturated heterocycles. The first-order valence-corrected chi connectivity index (χ1v) is 10.9. The molecule has 8 nitrogen and oxygen atoms in total. The van der Waals surface area contributed by atoms with E-state index in [2.05, 4.69) is 31.2 Å². The second-order valence-electron chi connectivity index (χ2n) is 8.25. The number of halogens is 4. The first-order chi connectivity index (χ1) is 17.1. The monoisotopic (exact) mass is 502 g/mol. The van der Waals surface area contributed by atoms with Crippen molar-refractivity contribution in [3.8, 4) is 0 Å². The van der Waals surface area contributed by atoms with Gasteiger partial charge >= 0.3 is 6.18 Å². The zero-order valence-corrected chi connectivity index (χ0v) is 19.0. The molecule has 1 aliphatic rings. The van der Waals surface area contributed by atoms with Gasteiger partial charge in [-0.05, 0) is 55.3 Å². The summed E-state index contributed by atoms with van der Waals surface area (Å²) < 4.78 is 52.8. The second-order valence-corrected chi connectivity index (χ2v) is 8.25. The molecule has 1 fully saturated rings. The lowest BCUT2D eigenvalue weighted by atomic mass is 10.1. The van der Waals surface area contributed by atoms with Crippen LogP contribution >= 0.6 is 0 Å². The van der Waals surface area contributed by atoms with Crippen molar-refractivity contribution < 1.29 is 27.2 Å². The topological polar surface area (TPSA) is 108 Å². The molecule has 0 atom stereocenters. The van der Waals surface area contributed by atoms with E-state index in [1.807, 2.05) is 0 Å². The lowest BCUT2D eigenvalue weighted by molar-refractivity contribution is -0.137. The van der Waals surface area contributed by atoms with Gasteiger partial charge in [-0.3, -0.25) is 14.6 Å². The molecule has 188 valence electrons. The van der Waals surface area contributed by atoms with Crippen LogP contribution in [0.15, 0.2) is 54.9 Å². The van der Waals surface area contributed by atoms with Gasteiger partial charge in [0.25, 0.3) is 5.91 Å². The van der Waals surface area contributed by atoms with Crippen molar-refractivity contribution in [2.24, 2.45) is 0 Å². The van der Waals surface area contributed by atoms with Crippen LogP contribution in [0.3, 0.4) is 0 Å². The van der Waals surface area contributed by atoms with Crippen molar-refractivity contribution in [2.75, 3.05) is 17.7 Å². The van der Waals surface area contributed by atoms with Crippen LogP contribution in [-0.2, 0) is 17.5 Å². The lowest BCUT2D eigenvalue weighted by Crippen LogP contribution is -2.48. The SMILES string of the molecule is CNc1ccc(C(=O)NC2(C(=O)NCc3ccc(Nc4ccc(F)cc4C(F)(F)F)cn3)CC2)cn1. The van der Waals surface area contributed by atoms with Crippen LogP contribution in [0, 0.1) is 5.82 Å². The summed E-state index contributed by atoms with van der Waals surface area (Å²) in [7, 11) is 1.71. The molecule has 3 aromatic rings. The molecule has 0 radical (unpaired) electrons. The average Bonchev–Trinajstić information content (AvgIpc) is 3.64. The number of rotatable bonds is 8. The van der Waals surface area contributed by atoms with E-state index in [9.17, 15) is 27.2 Å². The Kier molecular flexibility index (Phi) is 6.77. The van der Waals surface area contributed by atoms with Crippen LogP contribution in [0.4, 0.5) is 34.8 Å². The van der Waals surface area contributed by atoms with E-state index in [0.29, 0.717) is 36.0 Å². The molecule has 1 saturated carbocycles. The van der Waals surface area contributed by atoms with E-state index in [1.165, 1.54) is 24.5 Å². The normalized spacial score (nSPS) is 14.0. The summed E-state index contributed by atoms with van der Waals surface area (Å²) in [4.78, 5) is 33.4. The van der Waals surface area contributed by atoms with Crippen molar-refractivity contribution in [2.45, 2.75) is 31.1 Å². The average molecular weight is 502 g/mol. The zero-order chi connectivity index (χ0) is 25.9. The van der Waals surface area contributed by atoms with Gasteiger partial charge in [-0.15, -0.1) is 0 Å². The van der Waals surface area contributed by atoms with Crippen LogP contribution in [0.25, 0.3) is 0 Å². The molecule has 0 spiro atoms. The number of hydrogen-bond acceptors (Lipinski definition) is 6. The third kappa shape index (κ3) is 5.70. The number of hydrogen-bond donors (Lipinski definition) is 4. The predicted octanol–water partition coefficient (Wildman–Crippen LogP) is 4.00. The summed E-state index contributed by atoms with van der Waals surface area (Å²) >= 11 is 0. The first kappa shape index (κ1) is 24.9. The van der Waals surface area contributed by atoms with Crippen LogP contribution in [0.1, 0.15) is 34.5 Å². The van der Waals surface area contributed by atoms with E-state index in [0.717, 1.165) is 12.1 Å². The van der Waals surface area contributed by atoms with Crippen molar-refractivity contribution in [1.82, 2.24) is 20.6 Å². The zero-order valence-electron chi connectivity index (χ0n) is 19.0. The van der Waals surface area contributed by atoms with Gasteiger partial charge < -0.3 is 21.3 Å². The quantitative estimate of drug-likeness (QED) is 0.347. The van der Waals surface area contributed by atoms with Gasteiger partial charge in [-0.25, -0.2) is 9.37 Å². The third-order valence-corrected chi connectivity index (χ3v) is 5.64. The molecular weight excluding hydrogens is 480 g/mol. The van der Waals surface area contributed by atoms with E-state index in [-0.39, 0.29) is 23.8 Å². The Hall–Kier alpha value is -4.22. The molecule has 2 aromatic heterocycles. The number of benzene rings is 1. The molecule has 2 heterocycles. The molecular formula is C24H22F4N6O2. The number of carbonyl (C=O) groups excluding carboxylic acids is 2. The minimum Gasteiger partial charge on any atom is -0.373 e. The molecule has 12 heteroatoms. The van der Waals surface area contributed by atoms with Gasteiger partial charge in [0.1, 0.15) is 17.2 Å². The summed E-state index contributed by atoms with van der Waals surface area (Å²) in [6.45, 7) is 0.0551. The Morgan fingerprint density at radius 3 is 2.39 bits per heavy atom. The van der Waals surface area contributed by atoms with Gasteiger partial charge in [0.05, 0.1) is 40.9 Å². The second kappa shape index (κ2) is 9.80. The highest BCUT2D eigenvalue weighted by atomic mass is 19.4. The van der Waals surface area contributed by atoms with Crippen molar-refractivity contribution >= 4 is 29.0 Å². The maximum absolute atomic E-state index is 13.3. The first-order valence-electron chi connectivity index (χ1n) is 10.9. The number of nitrogens with one attached hydrogen (secondary N) is 4. The smallest absolute Gasteiger partial charge is 0.373 e. The highest BCUT2D eigenvalue weighted by Crippen LogP contribution is 2.37. The Labute approximate surface area is 203 Å². The fraction of sp³-hybridized carbons (Fsp3) is 0.250. The number of aromatic nitrogens is 2. The minimum atomic E-state index is -4.73. The molecule has 4 N–H and O–H groups in total. The minimum absolute atomic E-state index is 0.0551. The summed E-state index contributed by atoms with van der Waals surface area (Å²) in [5.41, 5.74) is -1.41. The Bertz CT molecular complexity index is 1260. The predicted molar refractivity (Wildman–Crippen MR) is 124 cm³/mol. The molecule has 2 amide bonds. The Morgan fingerprint density at radius 2 is 1.81 bits per heavy atom. The van der Waals surface area contributed by atoms with Crippen LogP contribution < -0.4 is 21.3 Å². The van der Waals surface area contributed by atoms with Crippen molar-refractivity contribution in [1.29, 1.82) is 0 Å². The molecule has 0 unspecified atom stereocenters. The van der Waals surface area contributed by atoms with E-state index < -0.39 is 29.0 Å². The van der Waals surface area contributed by atoms with Crippen molar-refractivity contribution in [3.63, 3.8) is 0 Å². The number of carbonyl (C=O) groups is 2. The fourth-order valence-electron chi connectivity index (χ4n) is 3.46. The standard InChI is InChI=1S/C24H22F4N6O2/c1-29-20-7-2-14(11-31-20)21(35)34-23(8-9-23)22(36)32-12-16-4-5-17(13-30-16)33-19-6-3-15(25)10-18(19)24(26,27)28/h2-7,10-11,13,33H,8-9,12H2,1H3,(H,29,31)(H,32,36)(H,34,35). The van der Waals surface area contributed by atoms with Gasteiger partial charge in [-0.1, -0.05) is 0 Å². The number of amides is 2. The number of anilines is 3. The molecule has 36 heavy (non-hydrogen) atoms. The van der Waals surface area contributed by atoms with Gasteiger partial charge in [-0.2, -0.15) is 13.2 Å². The summed E-state index contributed by atoms with van der Waals surface area (Å²) in [5.74, 6) is -1.16. The van der Waals surface area contributed by atoms with Crippen LogP contribution in [-0.4, -0.2) is 34.4 Å². The maximum Gasteiger partial charge on any atom is 0.418 e. The molecule has 4 rings (SSSR count). The third-order valence-electron chi connectivity index (χ3n) is 5.64. The fourth-order valence-corrected chi connectivity index (χ4v) is 3.46. The van der Waals surface area contributed by atoms with Crippen LogP contribution in [0.5, 0.6) is 0 Å².